The molecule has 2 aromatic rings. The van der Waals surface area contributed by atoms with E-state index < -0.39 is 0 Å². The highest BCUT2D eigenvalue weighted by atomic mass is 127. The third-order valence-corrected chi connectivity index (χ3v) is 5.20. The van der Waals surface area contributed by atoms with Gasteiger partial charge in [0.15, 0.2) is 0 Å². The zero-order valence-electron chi connectivity index (χ0n) is 12.6. The number of carbonyl (C=O) groups is 1. The van der Waals surface area contributed by atoms with Gasteiger partial charge in [0.2, 0.25) is 5.91 Å². The number of rotatable bonds is 7. The van der Waals surface area contributed by atoms with E-state index in [9.17, 15) is 4.79 Å². The lowest BCUT2D eigenvalue weighted by Crippen LogP contribution is -2.26. The van der Waals surface area contributed by atoms with Crippen LogP contribution >= 0.6 is 38.5 Å². The molecule has 6 nitrogen and oxygen atoms in total. The Morgan fingerprint density at radius 3 is 2.77 bits per heavy atom. The van der Waals surface area contributed by atoms with Crippen molar-refractivity contribution in [2.75, 3.05) is 6.54 Å². The monoisotopic (exact) mass is 479 g/mol. The Labute approximate surface area is 151 Å². The smallest absolute Gasteiger partial charge is 0.221 e. The highest BCUT2D eigenvalue weighted by Crippen LogP contribution is 2.13. The predicted molar refractivity (Wildman–Crippen MR) is 96.6 cm³/mol. The summed E-state index contributed by atoms with van der Waals surface area (Å²) in [6, 6.07) is 0. The molecule has 0 atom stereocenters. The van der Waals surface area contributed by atoms with Crippen LogP contribution in [0, 0.1) is 17.4 Å². The number of aryl methyl sites for hydroxylation is 3. The first-order valence-corrected chi connectivity index (χ1v) is 8.98. The van der Waals surface area contributed by atoms with Gasteiger partial charge in [0.1, 0.15) is 0 Å². The Morgan fingerprint density at radius 1 is 1.41 bits per heavy atom. The van der Waals surface area contributed by atoms with Crippen LogP contribution < -0.4 is 5.32 Å². The topological polar surface area (TPSA) is 64.7 Å². The maximum absolute atomic E-state index is 11.8. The average Bonchev–Trinajstić information content (AvgIpc) is 2.97. The van der Waals surface area contributed by atoms with E-state index in [0.717, 1.165) is 32.4 Å². The SMILES string of the molecule is Cc1nn(CCCNC(=O)CCn2ncc(I)c2C)cc1Br. The standard InChI is InChI=1S/C14H19BrIN5O/c1-10-12(15)9-20(19-10)6-3-5-17-14(22)4-7-21-11(2)13(16)8-18-21/h8-9H,3-7H2,1-2H3,(H,17,22). The molecular weight excluding hydrogens is 461 g/mol. The minimum atomic E-state index is 0.0581. The molecule has 1 N–H and O–H groups in total. The summed E-state index contributed by atoms with van der Waals surface area (Å²) in [6.45, 7) is 6.04. The first-order valence-electron chi connectivity index (χ1n) is 7.11. The van der Waals surface area contributed by atoms with Gasteiger partial charge in [0.25, 0.3) is 0 Å². The molecule has 0 spiro atoms. The van der Waals surface area contributed by atoms with Crippen LogP contribution in [0.2, 0.25) is 0 Å². The molecule has 2 heterocycles. The Morgan fingerprint density at radius 2 is 2.18 bits per heavy atom. The highest BCUT2D eigenvalue weighted by Gasteiger charge is 2.06. The Balaban J connectivity index is 1.64. The number of carbonyl (C=O) groups excluding carboxylic acids is 1. The normalized spacial score (nSPS) is 10.9. The summed E-state index contributed by atoms with van der Waals surface area (Å²) < 4.78 is 5.89. The Kier molecular flexibility index (Phi) is 6.42. The van der Waals surface area contributed by atoms with Gasteiger partial charge in [-0.25, -0.2) is 0 Å². The van der Waals surface area contributed by atoms with Crippen molar-refractivity contribution in [3.8, 4) is 0 Å². The molecule has 0 bridgehead atoms. The third kappa shape index (κ3) is 4.80. The summed E-state index contributed by atoms with van der Waals surface area (Å²) in [4.78, 5) is 11.8. The molecule has 0 aromatic carbocycles. The second-order valence-corrected chi connectivity index (χ2v) is 7.10. The average molecular weight is 480 g/mol. The third-order valence-electron chi connectivity index (χ3n) is 3.37. The summed E-state index contributed by atoms with van der Waals surface area (Å²) in [5.74, 6) is 0.0581. The van der Waals surface area contributed by atoms with Crippen LogP contribution in [0.5, 0.6) is 0 Å². The minimum absolute atomic E-state index is 0.0581. The zero-order chi connectivity index (χ0) is 16.1. The maximum Gasteiger partial charge on any atom is 0.221 e. The number of aromatic nitrogens is 4. The zero-order valence-corrected chi connectivity index (χ0v) is 16.4. The number of hydrogen-bond acceptors (Lipinski definition) is 3. The molecule has 0 aliphatic rings. The fourth-order valence-electron chi connectivity index (χ4n) is 2.02. The van der Waals surface area contributed by atoms with Crippen molar-refractivity contribution in [1.82, 2.24) is 24.9 Å². The first kappa shape index (κ1) is 17.5. The van der Waals surface area contributed by atoms with E-state index in [1.807, 2.05) is 35.6 Å². The molecule has 22 heavy (non-hydrogen) atoms. The van der Waals surface area contributed by atoms with Gasteiger partial charge in [-0.15, -0.1) is 0 Å². The van der Waals surface area contributed by atoms with Crippen LogP contribution in [0.15, 0.2) is 16.9 Å². The number of nitrogens with zero attached hydrogens (tertiary/aromatic N) is 4. The van der Waals surface area contributed by atoms with Gasteiger partial charge in [0, 0.05) is 37.9 Å². The van der Waals surface area contributed by atoms with E-state index in [1.165, 1.54) is 0 Å². The van der Waals surface area contributed by atoms with Gasteiger partial charge in [-0.05, 0) is 58.8 Å². The first-order chi connectivity index (χ1) is 10.5. The molecule has 8 heteroatoms. The molecule has 0 aliphatic carbocycles. The summed E-state index contributed by atoms with van der Waals surface area (Å²) in [7, 11) is 0. The maximum atomic E-state index is 11.8. The molecule has 0 saturated heterocycles. The van der Waals surface area contributed by atoms with Gasteiger partial charge in [-0.1, -0.05) is 0 Å². The van der Waals surface area contributed by atoms with Gasteiger partial charge < -0.3 is 5.32 Å². The lowest BCUT2D eigenvalue weighted by Gasteiger charge is -2.07. The largest absolute Gasteiger partial charge is 0.356 e. The summed E-state index contributed by atoms with van der Waals surface area (Å²) in [6.07, 6.45) is 5.08. The van der Waals surface area contributed by atoms with Gasteiger partial charge in [-0.2, -0.15) is 10.2 Å². The van der Waals surface area contributed by atoms with E-state index in [2.05, 4.69) is 54.0 Å². The molecule has 2 aromatic heterocycles. The van der Waals surface area contributed by atoms with E-state index >= 15 is 0 Å². The van der Waals surface area contributed by atoms with Crippen molar-refractivity contribution in [3.05, 3.63) is 31.8 Å². The van der Waals surface area contributed by atoms with Crippen LogP contribution in [0.3, 0.4) is 0 Å². The van der Waals surface area contributed by atoms with Crippen molar-refractivity contribution in [1.29, 1.82) is 0 Å². The summed E-state index contributed by atoms with van der Waals surface area (Å²) >= 11 is 5.68. The fraction of sp³-hybridized carbons (Fsp3) is 0.500. The number of amides is 1. The Bertz CT molecular complexity index is 632. The lowest BCUT2D eigenvalue weighted by molar-refractivity contribution is -0.121. The van der Waals surface area contributed by atoms with Gasteiger partial charge in [-0.3, -0.25) is 14.2 Å². The van der Waals surface area contributed by atoms with Crippen molar-refractivity contribution in [2.24, 2.45) is 0 Å². The van der Waals surface area contributed by atoms with Crippen LogP contribution in [0.1, 0.15) is 24.2 Å². The number of hydrogen-bond donors (Lipinski definition) is 1. The molecule has 0 unspecified atom stereocenters. The van der Waals surface area contributed by atoms with E-state index in [1.54, 1.807) is 0 Å². The predicted octanol–water partition coefficient (Wildman–Crippen LogP) is 2.66. The van der Waals surface area contributed by atoms with E-state index in [-0.39, 0.29) is 5.91 Å². The molecule has 0 radical (unpaired) electrons. The molecule has 1 amide bonds. The van der Waals surface area contributed by atoms with Crippen molar-refractivity contribution < 1.29 is 4.79 Å². The van der Waals surface area contributed by atoms with Crippen molar-refractivity contribution in [3.63, 3.8) is 0 Å². The van der Waals surface area contributed by atoms with Crippen LogP contribution in [-0.4, -0.2) is 32.0 Å². The van der Waals surface area contributed by atoms with Crippen LogP contribution in [0.4, 0.5) is 0 Å². The van der Waals surface area contributed by atoms with E-state index in [4.69, 9.17) is 0 Å². The molecule has 2 rings (SSSR count). The second kappa shape index (κ2) is 8.09. The number of nitrogens with one attached hydrogen (secondary N) is 1. The highest BCUT2D eigenvalue weighted by molar-refractivity contribution is 14.1. The van der Waals surface area contributed by atoms with Crippen molar-refractivity contribution >= 4 is 44.4 Å². The van der Waals surface area contributed by atoms with Gasteiger partial charge >= 0.3 is 0 Å². The molecule has 0 saturated carbocycles. The fourth-order valence-corrected chi connectivity index (χ4v) is 2.74. The molecule has 0 fully saturated rings. The van der Waals surface area contributed by atoms with Crippen molar-refractivity contribution in [2.45, 2.75) is 39.8 Å². The van der Waals surface area contributed by atoms with Crippen LogP contribution in [0.25, 0.3) is 0 Å². The lowest BCUT2D eigenvalue weighted by atomic mass is 10.3. The Hall–Kier alpha value is -0.900. The molecular formula is C14H19BrIN5O. The second-order valence-electron chi connectivity index (χ2n) is 5.08. The number of halogens is 2. The summed E-state index contributed by atoms with van der Waals surface area (Å²) in [5, 5.41) is 11.5. The van der Waals surface area contributed by atoms with Gasteiger partial charge in [0.05, 0.1) is 19.9 Å². The molecule has 120 valence electrons. The van der Waals surface area contributed by atoms with Crippen LogP contribution in [-0.2, 0) is 17.9 Å². The minimum Gasteiger partial charge on any atom is -0.356 e. The quantitative estimate of drug-likeness (QED) is 0.490. The van der Waals surface area contributed by atoms with E-state index in [0.29, 0.717) is 19.5 Å². The molecule has 0 aliphatic heterocycles. The summed E-state index contributed by atoms with van der Waals surface area (Å²) in [5.41, 5.74) is 2.08.